The lowest BCUT2D eigenvalue weighted by Gasteiger charge is -2.15. The summed E-state index contributed by atoms with van der Waals surface area (Å²) >= 11 is 0. The Hall–Kier alpha value is -1.36. The van der Waals surface area contributed by atoms with Crippen molar-refractivity contribution in [2.45, 2.75) is 25.8 Å². The Morgan fingerprint density at radius 1 is 1.69 bits per heavy atom. The summed E-state index contributed by atoms with van der Waals surface area (Å²) in [6, 6.07) is 2.21. The van der Waals surface area contributed by atoms with E-state index in [-0.39, 0.29) is 5.91 Å². The van der Waals surface area contributed by atoms with Gasteiger partial charge in [0.25, 0.3) is 0 Å². The molecule has 1 fully saturated rings. The largest absolute Gasteiger partial charge is 0.311 e. The standard InChI is InChI=1S/C11H18N4O/c1-8(9-3-4-9)15-10(5-6-13-15)14-11(16)7-12-2/h5-6,8-9,12H,3-4,7H2,1-2H3,(H,14,16). The highest BCUT2D eigenvalue weighted by molar-refractivity contribution is 5.91. The first-order chi connectivity index (χ1) is 7.72. The lowest BCUT2D eigenvalue weighted by Crippen LogP contribution is -2.27. The molecule has 0 radical (unpaired) electrons. The van der Waals surface area contributed by atoms with Gasteiger partial charge in [0, 0.05) is 6.07 Å². The molecule has 1 amide bonds. The minimum absolute atomic E-state index is 0.0350. The van der Waals surface area contributed by atoms with E-state index in [0.717, 1.165) is 11.7 Å². The summed E-state index contributed by atoms with van der Waals surface area (Å²) in [6.45, 7) is 2.47. The van der Waals surface area contributed by atoms with Crippen LogP contribution in [0.25, 0.3) is 0 Å². The summed E-state index contributed by atoms with van der Waals surface area (Å²) in [5, 5.41) is 9.95. The van der Waals surface area contributed by atoms with E-state index in [9.17, 15) is 4.79 Å². The summed E-state index contributed by atoms with van der Waals surface area (Å²) in [7, 11) is 1.75. The van der Waals surface area contributed by atoms with Gasteiger partial charge < -0.3 is 10.6 Å². The monoisotopic (exact) mass is 222 g/mol. The van der Waals surface area contributed by atoms with Crippen molar-refractivity contribution < 1.29 is 4.79 Å². The minimum Gasteiger partial charge on any atom is -0.311 e. The fourth-order valence-corrected chi connectivity index (χ4v) is 1.86. The molecule has 16 heavy (non-hydrogen) atoms. The van der Waals surface area contributed by atoms with Gasteiger partial charge in [0.1, 0.15) is 5.82 Å². The van der Waals surface area contributed by atoms with Gasteiger partial charge in [-0.25, -0.2) is 4.68 Å². The molecule has 0 bridgehead atoms. The van der Waals surface area contributed by atoms with Crippen molar-refractivity contribution >= 4 is 11.7 Å². The predicted octanol–water partition coefficient (Wildman–Crippen LogP) is 1.01. The first kappa shape index (κ1) is 11.1. The Labute approximate surface area is 95.2 Å². The molecule has 1 aromatic heterocycles. The lowest BCUT2D eigenvalue weighted by atomic mass is 10.2. The topological polar surface area (TPSA) is 59.0 Å². The van der Waals surface area contributed by atoms with E-state index in [4.69, 9.17) is 0 Å². The van der Waals surface area contributed by atoms with Crippen molar-refractivity contribution in [3.8, 4) is 0 Å². The zero-order chi connectivity index (χ0) is 11.5. The number of hydrogen-bond acceptors (Lipinski definition) is 3. The van der Waals surface area contributed by atoms with E-state index in [0.29, 0.717) is 12.6 Å². The summed E-state index contributed by atoms with van der Waals surface area (Å²) in [4.78, 5) is 11.5. The molecule has 88 valence electrons. The number of carbonyl (C=O) groups is 1. The van der Waals surface area contributed by atoms with Crippen LogP contribution >= 0.6 is 0 Å². The minimum atomic E-state index is -0.0350. The second kappa shape index (κ2) is 4.65. The van der Waals surface area contributed by atoms with Gasteiger partial charge in [0.2, 0.25) is 5.91 Å². The SMILES string of the molecule is CNCC(=O)Nc1ccnn1C(C)C1CC1. The number of nitrogens with zero attached hydrogens (tertiary/aromatic N) is 2. The van der Waals surface area contributed by atoms with E-state index in [1.165, 1.54) is 12.8 Å². The quantitative estimate of drug-likeness (QED) is 0.781. The number of nitrogens with one attached hydrogen (secondary N) is 2. The molecule has 5 heteroatoms. The first-order valence-electron chi connectivity index (χ1n) is 5.70. The van der Waals surface area contributed by atoms with Crippen LogP contribution < -0.4 is 10.6 Å². The van der Waals surface area contributed by atoms with Crippen LogP contribution in [0.4, 0.5) is 5.82 Å². The maximum Gasteiger partial charge on any atom is 0.239 e. The van der Waals surface area contributed by atoms with Crippen LogP contribution in [-0.2, 0) is 4.79 Å². The molecule has 1 unspecified atom stereocenters. The van der Waals surface area contributed by atoms with E-state index in [1.54, 1.807) is 13.2 Å². The van der Waals surface area contributed by atoms with Crippen LogP contribution in [0.1, 0.15) is 25.8 Å². The van der Waals surface area contributed by atoms with Crippen LogP contribution in [0.3, 0.4) is 0 Å². The molecule has 0 saturated heterocycles. The zero-order valence-corrected chi connectivity index (χ0v) is 9.73. The Kier molecular flexibility index (Phi) is 3.24. The molecule has 1 aliphatic carbocycles. The van der Waals surface area contributed by atoms with E-state index < -0.39 is 0 Å². The Bertz CT molecular complexity index is 370. The van der Waals surface area contributed by atoms with Crippen LogP contribution in [0.15, 0.2) is 12.3 Å². The van der Waals surface area contributed by atoms with Crippen LogP contribution in [0, 0.1) is 5.92 Å². The normalized spacial score (nSPS) is 17.1. The highest BCUT2D eigenvalue weighted by Crippen LogP contribution is 2.40. The smallest absolute Gasteiger partial charge is 0.239 e. The van der Waals surface area contributed by atoms with Crippen LogP contribution in [0.5, 0.6) is 0 Å². The molecule has 2 N–H and O–H groups in total. The van der Waals surface area contributed by atoms with E-state index in [2.05, 4.69) is 22.7 Å². The second-order valence-corrected chi connectivity index (χ2v) is 4.32. The molecule has 2 rings (SSSR count). The Morgan fingerprint density at radius 3 is 3.06 bits per heavy atom. The third kappa shape index (κ3) is 2.41. The third-order valence-corrected chi connectivity index (χ3v) is 2.97. The molecule has 0 aliphatic heterocycles. The molecular weight excluding hydrogens is 204 g/mol. The first-order valence-corrected chi connectivity index (χ1v) is 5.70. The van der Waals surface area contributed by atoms with Crippen molar-refractivity contribution in [3.63, 3.8) is 0 Å². The maximum absolute atomic E-state index is 11.5. The Balaban J connectivity index is 2.03. The van der Waals surface area contributed by atoms with E-state index >= 15 is 0 Å². The van der Waals surface area contributed by atoms with Crippen molar-refractivity contribution in [3.05, 3.63) is 12.3 Å². The number of carbonyl (C=O) groups excluding carboxylic acids is 1. The van der Waals surface area contributed by atoms with Crippen LogP contribution in [0.2, 0.25) is 0 Å². The maximum atomic E-state index is 11.5. The number of amides is 1. The molecule has 1 aromatic rings. The van der Waals surface area contributed by atoms with Crippen molar-refractivity contribution in [2.24, 2.45) is 5.92 Å². The highest BCUT2D eigenvalue weighted by Gasteiger charge is 2.30. The summed E-state index contributed by atoms with van der Waals surface area (Å²) in [5.41, 5.74) is 0. The number of aromatic nitrogens is 2. The van der Waals surface area contributed by atoms with Gasteiger partial charge in [0.05, 0.1) is 18.8 Å². The van der Waals surface area contributed by atoms with Crippen molar-refractivity contribution in [1.82, 2.24) is 15.1 Å². The number of hydrogen-bond donors (Lipinski definition) is 2. The molecule has 1 aliphatic rings. The molecular formula is C11H18N4O. The van der Waals surface area contributed by atoms with Crippen molar-refractivity contribution in [1.29, 1.82) is 0 Å². The number of anilines is 1. The third-order valence-electron chi connectivity index (χ3n) is 2.97. The highest BCUT2D eigenvalue weighted by atomic mass is 16.2. The van der Waals surface area contributed by atoms with E-state index in [1.807, 2.05) is 10.7 Å². The van der Waals surface area contributed by atoms with Gasteiger partial charge in [-0.05, 0) is 32.7 Å². The summed E-state index contributed by atoms with van der Waals surface area (Å²) in [6.07, 6.45) is 4.27. The van der Waals surface area contributed by atoms with Gasteiger partial charge in [-0.15, -0.1) is 0 Å². The average molecular weight is 222 g/mol. The predicted molar refractivity (Wildman–Crippen MR) is 62.2 cm³/mol. The zero-order valence-electron chi connectivity index (χ0n) is 9.73. The Morgan fingerprint density at radius 2 is 2.44 bits per heavy atom. The fraction of sp³-hybridized carbons (Fsp3) is 0.636. The molecule has 1 saturated carbocycles. The molecule has 0 spiro atoms. The average Bonchev–Trinajstić information content (AvgIpc) is 2.99. The van der Waals surface area contributed by atoms with Gasteiger partial charge in [-0.3, -0.25) is 4.79 Å². The fourth-order valence-electron chi connectivity index (χ4n) is 1.86. The summed E-state index contributed by atoms with van der Waals surface area (Å²) in [5.74, 6) is 1.48. The second-order valence-electron chi connectivity index (χ2n) is 4.32. The molecule has 5 nitrogen and oxygen atoms in total. The van der Waals surface area contributed by atoms with Gasteiger partial charge in [0.15, 0.2) is 0 Å². The number of rotatable bonds is 5. The van der Waals surface area contributed by atoms with Crippen molar-refractivity contribution in [2.75, 3.05) is 18.9 Å². The lowest BCUT2D eigenvalue weighted by molar-refractivity contribution is -0.115. The molecule has 1 atom stereocenters. The van der Waals surface area contributed by atoms with Gasteiger partial charge in [-0.2, -0.15) is 5.10 Å². The molecule has 0 aromatic carbocycles. The number of likely N-dealkylation sites (N-methyl/N-ethyl adjacent to an activating group) is 1. The van der Waals surface area contributed by atoms with Crippen LogP contribution in [-0.4, -0.2) is 29.3 Å². The van der Waals surface area contributed by atoms with Gasteiger partial charge >= 0.3 is 0 Å². The summed E-state index contributed by atoms with van der Waals surface area (Å²) < 4.78 is 1.91. The molecule has 1 heterocycles. The van der Waals surface area contributed by atoms with Gasteiger partial charge in [-0.1, -0.05) is 0 Å².